The van der Waals surface area contributed by atoms with E-state index < -0.39 is 0 Å². The zero-order valence-electron chi connectivity index (χ0n) is 12.7. The molecule has 3 heteroatoms. The van der Waals surface area contributed by atoms with E-state index in [2.05, 4.69) is 29.3 Å². The first-order valence-electron chi connectivity index (χ1n) is 7.30. The van der Waals surface area contributed by atoms with E-state index in [0.717, 1.165) is 18.8 Å². The van der Waals surface area contributed by atoms with Crippen LogP contribution in [0.2, 0.25) is 0 Å². The molecule has 21 heavy (non-hydrogen) atoms. The highest BCUT2D eigenvalue weighted by molar-refractivity contribution is 5.92. The maximum atomic E-state index is 12.1. The number of hydrogen-bond acceptors (Lipinski definition) is 2. The highest BCUT2D eigenvalue weighted by atomic mass is 16.2. The van der Waals surface area contributed by atoms with E-state index in [4.69, 9.17) is 0 Å². The standard InChI is InChI=1S/C18H22N2O/c1-3-20(13-16-7-5-4-6-8-16)14-18(21)19-17-11-9-15(2)10-12-17/h4-12H,3,13-14H2,1-2H3,(H,19,21). The SMILES string of the molecule is CCN(CC(=O)Nc1ccc(C)cc1)Cc1ccccc1. The highest BCUT2D eigenvalue weighted by Gasteiger charge is 2.09. The molecule has 0 heterocycles. The maximum absolute atomic E-state index is 12.1. The number of likely N-dealkylation sites (N-methyl/N-ethyl adjacent to an activating group) is 1. The molecule has 0 aliphatic carbocycles. The first kappa shape index (κ1) is 15.3. The van der Waals surface area contributed by atoms with Gasteiger partial charge in [0.25, 0.3) is 0 Å². The third-order valence-corrected chi connectivity index (χ3v) is 3.40. The van der Waals surface area contributed by atoms with E-state index in [1.165, 1.54) is 11.1 Å². The number of nitrogens with one attached hydrogen (secondary N) is 1. The monoisotopic (exact) mass is 282 g/mol. The van der Waals surface area contributed by atoms with Crippen LogP contribution in [0, 0.1) is 6.92 Å². The second-order valence-corrected chi connectivity index (χ2v) is 5.20. The fourth-order valence-corrected chi connectivity index (χ4v) is 2.16. The van der Waals surface area contributed by atoms with E-state index in [1.807, 2.05) is 49.4 Å². The number of anilines is 1. The van der Waals surface area contributed by atoms with Gasteiger partial charge >= 0.3 is 0 Å². The number of hydrogen-bond donors (Lipinski definition) is 1. The molecule has 0 aromatic heterocycles. The molecule has 1 N–H and O–H groups in total. The molecule has 0 radical (unpaired) electrons. The highest BCUT2D eigenvalue weighted by Crippen LogP contribution is 2.09. The number of nitrogens with zero attached hydrogens (tertiary/aromatic N) is 1. The van der Waals surface area contributed by atoms with Crippen LogP contribution in [0.25, 0.3) is 0 Å². The Labute approximate surface area is 126 Å². The Morgan fingerprint density at radius 1 is 1.05 bits per heavy atom. The van der Waals surface area contributed by atoms with Crippen molar-refractivity contribution in [2.75, 3.05) is 18.4 Å². The van der Waals surface area contributed by atoms with Crippen molar-refractivity contribution >= 4 is 11.6 Å². The Hall–Kier alpha value is -2.13. The number of rotatable bonds is 6. The number of carbonyl (C=O) groups is 1. The number of benzene rings is 2. The minimum atomic E-state index is 0.0247. The maximum Gasteiger partial charge on any atom is 0.238 e. The molecular weight excluding hydrogens is 260 g/mol. The Balaban J connectivity index is 1.89. The Morgan fingerprint density at radius 3 is 2.33 bits per heavy atom. The molecule has 2 aromatic rings. The summed E-state index contributed by atoms with van der Waals surface area (Å²) in [6.45, 7) is 6.14. The van der Waals surface area contributed by atoms with Crippen LogP contribution in [0.5, 0.6) is 0 Å². The molecule has 0 spiro atoms. The van der Waals surface area contributed by atoms with Crippen LogP contribution in [-0.4, -0.2) is 23.9 Å². The first-order valence-corrected chi connectivity index (χ1v) is 7.30. The number of carbonyl (C=O) groups excluding carboxylic acids is 1. The molecule has 0 atom stereocenters. The van der Waals surface area contributed by atoms with Crippen LogP contribution in [-0.2, 0) is 11.3 Å². The minimum Gasteiger partial charge on any atom is -0.325 e. The molecule has 0 saturated carbocycles. The van der Waals surface area contributed by atoms with Crippen molar-refractivity contribution in [3.8, 4) is 0 Å². The average Bonchev–Trinajstić information content (AvgIpc) is 2.50. The van der Waals surface area contributed by atoms with Crippen LogP contribution >= 0.6 is 0 Å². The van der Waals surface area contributed by atoms with Gasteiger partial charge in [-0.15, -0.1) is 0 Å². The Kier molecular flexibility index (Phi) is 5.52. The van der Waals surface area contributed by atoms with Crippen molar-refractivity contribution in [1.29, 1.82) is 0 Å². The van der Waals surface area contributed by atoms with Gasteiger partial charge in [-0.1, -0.05) is 55.0 Å². The average molecular weight is 282 g/mol. The van der Waals surface area contributed by atoms with Gasteiger partial charge in [0, 0.05) is 12.2 Å². The Morgan fingerprint density at radius 2 is 1.71 bits per heavy atom. The quantitative estimate of drug-likeness (QED) is 0.880. The van der Waals surface area contributed by atoms with Gasteiger partial charge in [0.1, 0.15) is 0 Å². The van der Waals surface area contributed by atoms with Gasteiger partial charge in [-0.2, -0.15) is 0 Å². The zero-order chi connectivity index (χ0) is 15.1. The lowest BCUT2D eigenvalue weighted by molar-refractivity contribution is -0.117. The minimum absolute atomic E-state index is 0.0247. The molecule has 0 bridgehead atoms. The van der Waals surface area contributed by atoms with Crippen molar-refractivity contribution < 1.29 is 4.79 Å². The van der Waals surface area contributed by atoms with E-state index >= 15 is 0 Å². The summed E-state index contributed by atoms with van der Waals surface area (Å²) in [5.74, 6) is 0.0247. The topological polar surface area (TPSA) is 32.3 Å². The summed E-state index contributed by atoms with van der Waals surface area (Å²) in [5, 5.41) is 2.94. The lowest BCUT2D eigenvalue weighted by atomic mass is 10.2. The molecule has 110 valence electrons. The largest absolute Gasteiger partial charge is 0.325 e. The van der Waals surface area contributed by atoms with Crippen LogP contribution in [0.15, 0.2) is 54.6 Å². The predicted octanol–water partition coefficient (Wildman–Crippen LogP) is 3.46. The molecule has 0 saturated heterocycles. The molecule has 3 nitrogen and oxygen atoms in total. The third-order valence-electron chi connectivity index (χ3n) is 3.40. The number of amides is 1. The van der Waals surface area contributed by atoms with Gasteiger partial charge < -0.3 is 5.32 Å². The molecule has 1 amide bonds. The lowest BCUT2D eigenvalue weighted by Gasteiger charge is -2.20. The fraction of sp³-hybridized carbons (Fsp3) is 0.278. The second kappa shape index (κ2) is 7.60. The predicted molar refractivity (Wildman–Crippen MR) is 87.2 cm³/mol. The molecule has 0 unspecified atom stereocenters. The lowest BCUT2D eigenvalue weighted by Crippen LogP contribution is -2.32. The van der Waals surface area contributed by atoms with Crippen molar-refractivity contribution in [1.82, 2.24) is 4.90 Å². The van der Waals surface area contributed by atoms with Crippen molar-refractivity contribution in [2.24, 2.45) is 0 Å². The Bertz CT molecular complexity index is 564. The first-order chi connectivity index (χ1) is 10.2. The summed E-state index contributed by atoms with van der Waals surface area (Å²) in [5.41, 5.74) is 3.26. The van der Waals surface area contributed by atoms with Gasteiger partial charge in [-0.25, -0.2) is 0 Å². The normalized spacial score (nSPS) is 10.6. The second-order valence-electron chi connectivity index (χ2n) is 5.20. The third kappa shape index (κ3) is 5.04. The molecule has 2 rings (SSSR count). The summed E-state index contributed by atoms with van der Waals surface area (Å²) in [4.78, 5) is 14.2. The molecular formula is C18H22N2O. The summed E-state index contributed by atoms with van der Waals surface area (Å²) < 4.78 is 0. The van der Waals surface area contributed by atoms with E-state index in [1.54, 1.807) is 0 Å². The van der Waals surface area contributed by atoms with E-state index in [-0.39, 0.29) is 5.91 Å². The zero-order valence-corrected chi connectivity index (χ0v) is 12.7. The molecule has 0 fully saturated rings. The molecule has 0 aliphatic rings. The van der Waals surface area contributed by atoms with E-state index in [9.17, 15) is 4.79 Å². The summed E-state index contributed by atoms with van der Waals surface area (Å²) in [7, 11) is 0. The summed E-state index contributed by atoms with van der Waals surface area (Å²) in [6, 6.07) is 18.1. The summed E-state index contributed by atoms with van der Waals surface area (Å²) in [6.07, 6.45) is 0. The van der Waals surface area contributed by atoms with Crippen LogP contribution in [0.3, 0.4) is 0 Å². The smallest absolute Gasteiger partial charge is 0.238 e. The van der Waals surface area contributed by atoms with Crippen molar-refractivity contribution in [2.45, 2.75) is 20.4 Å². The molecule has 2 aromatic carbocycles. The van der Waals surface area contributed by atoms with Gasteiger partial charge in [0.2, 0.25) is 5.91 Å². The fourth-order valence-electron chi connectivity index (χ4n) is 2.16. The van der Waals surface area contributed by atoms with E-state index in [0.29, 0.717) is 6.54 Å². The molecule has 0 aliphatic heterocycles. The van der Waals surface area contributed by atoms with Gasteiger partial charge in [-0.05, 0) is 31.2 Å². The van der Waals surface area contributed by atoms with Gasteiger partial charge in [0.05, 0.1) is 6.54 Å². The van der Waals surface area contributed by atoms with Crippen LogP contribution < -0.4 is 5.32 Å². The summed E-state index contributed by atoms with van der Waals surface area (Å²) >= 11 is 0. The van der Waals surface area contributed by atoms with Crippen LogP contribution in [0.1, 0.15) is 18.1 Å². The van der Waals surface area contributed by atoms with Gasteiger partial charge in [-0.3, -0.25) is 9.69 Å². The van der Waals surface area contributed by atoms with Gasteiger partial charge in [0.15, 0.2) is 0 Å². The van der Waals surface area contributed by atoms with Crippen molar-refractivity contribution in [3.05, 3.63) is 65.7 Å². The van der Waals surface area contributed by atoms with Crippen molar-refractivity contribution in [3.63, 3.8) is 0 Å². The van der Waals surface area contributed by atoms with Crippen LogP contribution in [0.4, 0.5) is 5.69 Å². The number of aryl methyl sites for hydroxylation is 1.